The first-order valence-corrected chi connectivity index (χ1v) is 9.68. The third-order valence-corrected chi connectivity index (χ3v) is 5.60. The van der Waals surface area contributed by atoms with E-state index in [2.05, 4.69) is 10.6 Å². The quantitative estimate of drug-likeness (QED) is 0.466. The maximum absolute atomic E-state index is 12.5. The smallest absolute Gasteiger partial charge is 0.298 e. The molecule has 10 heteroatoms. The van der Waals surface area contributed by atoms with Crippen molar-refractivity contribution in [2.24, 2.45) is 0 Å². The average molecular weight is 440 g/mol. The van der Waals surface area contributed by atoms with Gasteiger partial charge in [-0.2, -0.15) is 0 Å². The van der Waals surface area contributed by atoms with E-state index in [-0.39, 0.29) is 10.9 Å². The van der Waals surface area contributed by atoms with Crippen molar-refractivity contribution in [2.75, 3.05) is 12.4 Å². The molecule has 0 bridgehead atoms. The molecule has 0 spiro atoms. The number of ether oxygens (including phenoxy) is 1. The highest BCUT2D eigenvalue weighted by Gasteiger charge is 2.26. The average Bonchev–Trinajstić information content (AvgIpc) is 3.05. The van der Waals surface area contributed by atoms with Gasteiger partial charge in [0.05, 0.1) is 27.7 Å². The highest BCUT2D eigenvalue weighted by Crippen LogP contribution is 2.29. The van der Waals surface area contributed by atoms with Gasteiger partial charge in [0.25, 0.3) is 5.03 Å². The summed E-state index contributed by atoms with van der Waals surface area (Å²) in [7, 11) is 1.56. The first-order valence-electron chi connectivity index (χ1n) is 8.05. The first-order chi connectivity index (χ1) is 13.4. The number of hydrogen-bond donors (Lipinski definition) is 1. The standard InChI is InChI=1S/C18H15Cl2N3O4S/c1-10(16(24)21-11-3-8-14(19)15(20)9-11)28-17-18(25)27-22-23(17)12-4-6-13(26-2)7-5-12/h3-10H,1-2H3,(H-,21,22,24,25). The Balaban J connectivity index is 1.76. The molecule has 0 aliphatic carbocycles. The molecule has 1 aromatic heterocycles. The van der Waals surface area contributed by atoms with Crippen LogP contribution < -0.4 is 19.8 Å². The Morgan fingerprint density at radius 2 is 1.96 bits per heavy atom. The monoisotopic (exact) mass is 439 g/mol. The fourth-order valence-corrected chi connectivity index (χ4v) is 3.44. The van der Waals surface area contributed by atoms with E-state index < -0.39 is 11.2 Å². The normalized spacial score (nSPS) is 11.9. The summed E-state index contributed by atoms with van der Waals surface area (Å²) in [5.74, 6) is -0.279. The molecule has 1 atom stereocenters. The van der Waals surface area contributed by atoms with Gasteiger partial charge in [-0.3, -0.25) is 4.79 Å². The highest BCUT2D eigenvalue weighted by atomic mass is 35.5. The first kappa shape index (κ1) is 20.3. The summed E-state index contributed by atoms with van der Waals surface area (Å²) in [4.78, 5) is 12.5. The van der Waals surface area contributed by atoms with Crippen LogP contribution in [0.15, 0.2) is 52.0 Å². The van der Waals surface area contributed by atoms with E-state index in [0.717, 1.165) is 11.8 Å². The minimum absolute atomic E-state index is 0.182. The number of hydrogen-bond acceptors (Lipinski definition) is 6. The van der Waals surface area contributed by atoms with E-state index in [1.54, 1.807) is 56.5 Å². The number of carbonyl (C=O) groups is 1. The fourth-order valence-electron chi connectivity index (χ4n) is 2.27. The number of nitrogens with zero attached hydrogens (tertiary/aromatic N) is 2. The van der Waals surface area contributed by atoms with Gasteiger partial charge in [-0.1, -0.05) is 23.2 Å². The van der Waals surface area contributed by atoms with E-state index in [0.29, 0.717) is 27.2 Å². The number of rotatable bonds is 6. The molecule has 0 aliphatic rings. The summed E-state index contributed by atoms with van der Waals surface area (Å²) >= 11 is 12.9. The van der Waals surface area contributed by atoms with Crippen LogP contribution in [-0.4, -0.2) is 23.5 Å². The topological polar surface area (TPSA) is 91.3 Å². The van der Waals surface area contributed by atoms with E-state index in [4.69, 9.17) is 32.5 Å². The van der Waals surface area contributed by atoms with Crippen molar-refractivity contribution >= 4 is 46.6 Å². The Hall–Kier alpha value is -2.42. The number of nitrogens with one attached hydrogen (secondary N) is 1. The van der Waals surface area contributed by atoms with Gasteiger partial charge < -0.3 is 19.7 Å². The van der Waals surface area contributed by atoms with E-state index in [1.165, 1.54) is 4.68 Å². The van der Waals surface area contributed by atoms with E-state index in [1.807, 2.05) is 0 Å². The number of anilines is 1. The van der Waals surface area contributed by atoms with Gasteiger partial charge in [-0.25, -0.2) is 0 Å². The fraction of sp³-hybridized carbons (Fsp3) is 0.167. The van der Waals surface area contributed by atoms with Crippen molar-refractivity contribution in [1.82, 2.24) is 5.27 Å². The third kappa shape index (κ3) is 4.52. The SMILES string of the molecule is COc1ccc(-[n+]2noc([O-])c2SC(C)C(=O)Nc2ccc(Cl)c(Cl)c2)cc1. The molecule has 0 saturated carbocycles. The Morgan fingerprint density at radius 1 is 1.25 bits per heavy atom. The molecule has 7 nitrogen and oxygen atoms in total. The van der Waals surface area contributed by atoms with Crippen LogP contribution in [0.3, 0.4) is 0 Å². The molecule has 0 aliphatic heterocycles. The van der Waals surface area contributed by atoms with Gasteiger partial charge in [-0.15, -0.1) is 0 Å². The van der Waals surface area contributed by atoms with Gasteiger partial charge in [0.15, 0.2) is 5.95 Å². The molecule has 0 saturated heterocycles. The van der Waals surface area contributed by atoms with Crippen LogP contribution in [0.5, 0.6) is 11.7 Å². The molecule has 1 heterocycles. The summed E-state index contributed by atoms with van der Waals surface area (Å²) in [5.41, 5.74) is 1.11. The lowest BCUT2D eigenvalue weighted by molar-refractivity contribution is -0.705. The molecule has 2 aromatic carbocycles. The molecule has 3 rings (SSSR count). The second-order valence-electron chi connectivity index (χ2n) is 5.65. The van der Waals surface area contributed by atoms with Gasteiger partial charge in [-0.05, 0) is 53.7 Å². The number of amides is 1. The maximum Gasteiger partial charge on any atom is 0.298 e. The molecule has 1 N–H and O–H groups in total. The molecule has 146 valence electrons. The molecule has 3 aromatic rings. The molecule has 1 unspecified atom stereocenters. The van der Waals surface area contributed by atoms with E-state index in [9.17, 15) is 9.90 Å². The van der Waals surface area contributed by atoms with E-state index >= 15 is 0 Å². The number of halogens is 2. The number of carbonyl (C=O) groups excluding carboxylic acids is 1. The molecule has 1 amide bonds. The van der Waals surface area contributed by atoms with Gasteiger partial charge in [0, 0.05) is 17.8 Å². The van der Waals surface area contributed by atoms with Crippen LogP contribution in [0.2, 0.25) is 10.0 Å². The number of thioether (sulfide) groups is 1. The molecule has 0 radical (unpaired) electrons. The Labute approximate surface area is 175 Å². The van der Waals surface area contributed by atoms with Crippen LogP contribution in [-0.2, 0) is 4.79 Å². The zero-order valence-corrected chi connectivity index (χ0v) is 17.1. The lowest BCUT2D eigenvalue weighted by Crippen LogP contribution is -2.36. The minimum atomic E-state index is -0.630. The highest BCUT2D eigenvalue weighted by molar-refractivity contribution is 8.00. The molecular weight excluding hydrogens is 425 g/mol. The van der Waals surface area contributed by atoms with Crippen LogP contribution >= 0.6 is 35.0 Å². The molecular formula is C18H15Cl2N3O4S. The predicted octanol–water partition coefficient (Wildman–Crippen LogP) is 3.46. The summed E-state index contributed by atoms with van der Waals surface area (Å²) in [5, 5.41) is 18.9. The summed E-state index contributed by atoms with van der Waals surface area (Å²) in [6, 6.07) is 11.7. The van der Waals surface area contributed by atoms with Crippen molar-refractivity contribution in [3.63, 3.8) is 0 Å². The predicted molar refractivity (Wildman–Crippen MR) is 104 cm³/mol. The third-order valence-electron chi connectivity index (χ3n) is 3.73. The van der Waals surface area contributed by atoms with Gasteiger partial charge in [0.1, 0.15) is 5.75 Å². The van der Waals surface area contributed by atoms with Crippen molar-refractivity contribution in [3.8, 4) is 17.4 Å². The largest absolute Gasteiger partial charge is 0.538 e. The van der Waals surface area contributed by atoms with Crippen LogP contribution in [0.25, 0.3) is 5.69 Å². The summed E-state index contributed by atoms with van der Waals surface area (Å²) < 4.78 is 11.2. The number of benzene rings is 2. The van der Waals surface area contributed by atoms with Crippen LogP contribution in [0.4, 0.5) is 5.69 Å². The molecule has 0 fully saturated rings. The second kappa shape index (κ2) is 8.72. The van der Waals surface area contributed by atoms with Crippen molar-refractivity contribution in [1.29, 1.82) is 0 Å². The van der Waals surface area contributed by atoms with Gasteiger partial charge >= 0.3 is 0 Å². The van der Waals surface area contributed by atoms with Crippen molar-refractivity contribution in [2.45, 2.75) is 17.2 Å². The van der Waals surface area contributed by atoms with Crippen molar-refractivity contribution in [3.05, 3.63) is 52.5 Å². The zero-order chi connectivity index (χ0) is 20.3. The zero-order valence-electron chi connectivity index (χ0n) is 14.8. The molecule has 28 heavy (non-hydrogen) atoms. The number of aromatic nitrogens is 2. The summed E-state index contributed by atoms with van der Waals surface area (Å²) in [6.45, 7) is 1.67. The Kier molecular flexibility index (Phi) is 6.33. The van der Waals surface area contributed by atoms with Crippen molar-refractivity contribution < 1.29 is 23.8 Å². The lowest BCUT2D eigenvalue weighted by atomic mass is 10.3. The minimum Gasteiger partial charge on any atom is -0.538 e. The van der Waals surface area contributed by atoms with Gasteiger partial charge in [0.2, 0.25) is 11.6 Å². The Bertz CT molecular complexity index is 995. The van der Waals surface area contributed by atoms with Crippen LogP contribution in [0.1, 0.15) is 6.92 Å². The Morgan fingerprint density at radius 3 is 2.61 bits per heavy atom. The summed E-state index contributed by atoms with van der Waals surface area (Å²) in [6.07, 6.45) is 0. The number of methoxy groups -OCH3 is 1. The van der Waals surface area contributed by atoms with Crippen LogP contribution in [0, 0.1) is 0 Å². The maximum atomic E-state index is 12.5. The second-order valence-corrected chi connectivity index (χ2v) is 7.80. The lowest BCUT2D eigenvalue weighted by Gasteiger charge is -2.11.